The Kier molecular flexibility index (Phi) is 5.25. The van der Waals surface area contributed by atoms with Gasteiger partial charge in [-0.1, -0.05) is 25.3 Å². The van der Waals surface area contributed by atoms with Gasteiger partial charge in [0.05, 0.1) is 0 Å². The van der Waals surface area contributed by atoms with Crippen molar-refractivity contribution in [3.05, 3.63) is 29.8 Å². The average Bonchev–Trinajstić information content (AvgIpc) is 3.01. The molecule has 1 saturated carbocycles. The highest BCUT2D eigenvalue weighted by molar-refractivity contribution is 5.97. The smallest absolute Gasteiger partial charge is 0.253 e. The van der Waals surface area contributed by atoms with Crippen molar-refractivity contribution in [3.8, 4) is 0 Å². The summed E-state index contributed by atoms with van der Waals surface area (Å²) in [6.07, 6.45) is 8.90. The molecule has 0 radical (unpaired) electrons. The Balaban J connectivity index is 1.41. The van der Waals surface area contributed by atoms with E-state index in [4.69, 9.17) is 0 Å². The normalized spacial score (nSPS) is 26.4. The Morgan fingerprint density at radius 1 is 1.00 bits per heavy atom. The van der Waals surface area contributed by atoms with Crippen molar-refractivity contribution in [1.82, 2.24) is 10.2 Å². The highest BCUT2D eigenvalue weighted by Crippen LogP contribution is 2.26. The molecule has 2 N–H and O–H groups in total. The predicted octanol–water partition coefficient (Wildman–Crippen LogP) is 3.17. The minimum atomic E-state index is 0.0770. The van der Waals surface area contributed by atoms with Crippen LogP contribution in [0.25, 0.3) is 0 Å². The van der Waals surface area contributed by atoms with Crippen LogP contribution in [0.2, 0.25) is 0 Å². The topological polar surface area (TPSA) is 61.4 Å². The molecule has 5 nitrogen and oxygen atoms in total. The van der Waals surface area contributed by atoms with Gasteiger partial charge < -0.3 is 15.5 Å². The van der Waals surface area contributed by atoms with Crippen molar-refractivity contribution in [3.63, 3.8) is 0 Å². The van der Waals surface area contributed by atoms with Crippen LogP contribution in [0.3, 0.4) is 0 Å². The monoisotopic (exact) mass is 355 g/mol. The molecule has 2 amide bonds. The summed E-state index contributed by atoms with van der Waals surface area (Å²) in [5.74, 6) is 0.300. The molecule has 140 valence electrons. The van der Waals surface area contributed by atoms with E-state index in [0.29, 0.717) is 17.6 Å². The van der Waals surface area contributed by atoms with Crippen molar-refractivity contribution < 1.29 is 9.59 Å². The van der Waals surface area contributed by atoms with Crippen LogP contribution >= 0.6 is 0 Å². The molecule has 2 aliphatic heterocycles. The van der Waals surface area contributed by atoms with Crippen LogP contribution < -0.4 is 10.6 Å². The zero-order valence-corrected chi connectivity index (χ0v) is 15.4. The largest absolute Gasteiger partial charge is 0.337 e. The number of hydrogen-bond donors (Lipinski definition) is 2. The SMILES string of the molecule is O=C(Nc1cccc(C(=O)N2CCC3CCC(C2)N3)c1)C1CCCCC1. The molecule has 26 heavy (non-hydrogen) atoms. The quantitative estimate of drug-likeness (QED) is 0.875. The Bertz CT molecular complexity index is 669. The number of rotatable bonds is 3. The second-order valence-corrected chi connectivity index (χ2v) is 8.08. The Labute approximate surface area is 155 Å². The van der Waals surface area contributed by atoms with Crippen molar-refractivity contribution in [2.24, 2.45) is 5.92 Å². The summed E-state index contributed by atoms with van der Waals surface area (Å²) in [6, 6.07) is 8.43. The molecular formula is C21H29N3O2. The minimum absolute atomic E-state index is 0.0770. The van der Waals surface area contributed by atoms with Crippen LogP contribution in [0.4, 0.5) is 5.69 Å². The van der Waals surface area contributed by atoms with Gasteiger partial charge >= 0.3 is 0 Å². The molecule has 0 spiro atoms. The van der Waals surface area contributed by atoms with Gasteiger partial charge in [-0.05, 0) is 50.3 Å². The summed E-state index contributed by atoms with van der Waals surface area (Å²) >= 11 is 0. The lowest BCUT2D eigenvalue weighted by molar-refractivity contribution is -0.120. The molecule has 2 atom stereocenters. The number of amides is 2. The van der Waals surface area contributed by atoms with E-state index in [1.807, 2.05) is 29.2 Å². The fourth-order valence-corrected chi connectivity index (χ4v) is 4.65. The average molecular weight is 355 g/mol. The van der Waals surface area contributed by atoms with Crippen LogP contribution in [-0.2, 0) is 4.79 Å². The first-order valence-electron chi connectivity index (χ1n) is 10.2. The lowest BCUT2D eigenvalue weighted by Crippen LogP contribution is -2.39. The van der Waals surface area contributed by atoms with Gasteiger partial charge in [-0.3, -0.25) is 9.59 Å². The van der Waals surface area contributed by atoms with Crippen LogP contribution in [0, 0.1) is 5.92 Å². The van der Waals surface area contributed by atoms with Gasteiger partial charge in [0, 0.05) is 42.3 Å². The molecule has 5 heteroatoms. The number of benzene rings is 1. The van der Waals surface area contributed by atoms with Crippen LogP contribution in [-0.4, -0.2) is 41.9 Å². The van der Waals surface area contributed by atoms with Crippen molar-refractivity contribution >= 4 is 17.5 Å². The molecule has 2 bridgehead atoms. The molecule has 1 aliphatic carbocycles. The number of nitrogens with zero attached hydrogens (tertiary/aromatic N) is 1. The first-order chi connectivity index (χ1) is 12.7. The number of carbonyl (C=O) groups is 2. The fraction of sp³-hybridized carbons (Fsp3) is 0.619. The Hall–Kier alpha value is -1.88. The minimum Gasteiger partial charge on any atom is -0.337 e. The lowest BCUT2D eigenvalue weighted by Gasteiger charge is -2.25. The molecule has 2 unspecified atom stereocenters. The zero-order chi connectivity index (χ0) is 17.9. The third-order valence-corrected chi connectivity index (χ3v) is 6.16. The van der Waals surface area contributed by atoms with Gasteiger partial charge in [-0.15, -0.1) is 0 Å². The molecule has 2 saturated heterocycles. The molecule has 1 aromatic carbocycles. The summed E-state index contributed by atoms with van der Waals surface area (Å²) in [4.78, 5) is 27.4. The van der Waals surface area contributed by atoms with Gasteiger partial charge in [-0.2, -0.15) is 0 Å². The highest BCUT2D eigenvalue weighted by Gasteiger charge is 2.31. The summed E-state index contributed by atoms with van der Waals surface area (Å²) < 4.78 is 0. The van der Waals surface area contributed by atoms with Gasteiger partial charge in [0.25, 0.3) is 5.91 Å². The van der Waals surface area contributed by atoms with E-state index in [1.165, 1.54) is 12.8 Å². The second-order valence-electron chi connectivity index (χ2n) is 8.08. The Morgan fingerprint density at radius 2 is 1.81 bits per heavy atom. The van der Waals surface area contributed by atoms with Gasteiger partial charge in [0.15, 0.2) is 0 Å². The van der Waals surface area contributed by atoms with Crippen LogP contribution in [0.5, 0.6) is 0 Å². The van der Waals surface area contributed by atoms with E-state index < -0.39 is 0 Å². The molecule has 4 rings (SSSR count). The maximum atomic E-state index is 13.0. The first-order valence-corrected chi connectivity index (χ1v) is 10.2. The van der Waals surface area contributed by atoms with E-state index >= 15 is 0 Å². The summed E-state index contributed by atoms with van der Waals surface area (Å²) in [7, 11) is 0. The van der Waals surface area contributed by atoms with Gasteiger partial charge in [0.2, 0.25) is 5.91 Å². The van der Waals surface area contributed by atoms with Crippen molar-refractivity contribution in [1.29, 1.82) is 0 Å². The number of anilines is 1. The summed E-state index contributed by atoms with van der Waals surface area (Å²) in [6.45, 7) is 1.60. The maximum absolute atomic E-state index is 13.0. The third kappa shape index (κ3) is 3.93. The van der Waals surface area contributed by atoms with Gasteiger partial charge in [0.1, 0.15) is 0 Å². The van der Waals surface area contributed by atoms with E-state index in [-0.39, 0.29) is 17.7 Å². The van der Waals surface area contributed by atoms with E-state index in [0.717, 1.165) is 57.3 Å². The number of nitrogens with one attached hydrogen (secondary N) is 2. The first kappa shape index (κ1) is 17.5. The van der Waals surface area contributed by atoms with E-state index in [2.05, 4.69) is 10.6 Å². The van der Waals surface area contributed by atoms with Crippen molar-refractivity contribution in [2.45, 2.75) is 63.5 Å². The number of hydrogen-bond acceptors (Lipinski definition) is 3. The number of fused-ring (bicyclic) bond motifs is 2. The lowest BCUT2D eigenvalue weighted by atomic mass is 9.88. The highest BCUT2D eigenvalue weighted by atomic mass is 16.2. The number of carbonyl (C=O) groups excluding carboxylic acids is 2. The molecule has 3 aliphatic rings. The second kappa shape index (κ2) is 7.78. The standard InChI is InChI=1S/C21H29N3O2/c25-20(15-5-2-1-3-6-15)23-18-8-4-7-16(13-18)21(26)24-12-11-17-9-10-19(14-24)22-17/h4,7-8,13,15,17,19,22H,1-3,5-6,9-12,14H2,(H,23,25). The third-order valence-electron chi connectivity index (χ3n) is 6.16. The van der Waals surface area contributed by atoms with Crippen molar-refractivity contribution in [2.75, 3.05) is 18.4 Å². The van der Waals surface area contributed by atoms with Crippen LogP contribution in [0.1, 0.15) is 61.7 Å². The summed E-state index contributed by atoms with van der Waals surface area (Å²) in [5, 5.41) is 6.64. The molecule has 1 aromatic rings. The van der Waals surface area contributed by atoms with E-state index in [1.54, 1.807) is 0 Å². The fourth-order valence-electron chi connectivity index (χ4n) is 4.65. The zero-order valence-electron chi connectivity index (χ0n) is 15.4. The molecule has 3 fully saturated rings. The van der Waals surface area contributed by atoms with Gasteiger partial charge in [-0.25, -0.2) is 0 Å². The Morgan fingerprint density at radius 3 is 2.65 bits per heavy atom. The molecule has 2 heterocycles. The maximum Gasteiger partial charge on any atom is 0.253 e. The molecule has 0 aromatic heterocycles. The van der Waals surface area contributed by atoms with Crippen LogP contribution in [0.15, 0.2) is 24.3 Å². The summed E-state index contributed by atoms with van der Waals surface area (Å²) in [5.41, 5.74) is 1.41. The van der Waals surface area contributed by atoms with E-state index in [9.17, 15) is 9.59 Å². The molecular weight excluding hydrogens is 326 g/mol. The predicted molar refractivity (Wildman–Crippen MR) is 102 cm³/mol. The number of likely N-dealkylation sites (tertiary alicyclic amines) is 1.